The molecule has 0 saturated carbocycles. The zero-order valence-electron chi connectivity index (χ0n) is 10.0. The average Bonchev–Trinajstić information content (AvgIpc) is 2.29. The molecule has 0 radical (unpaired) electrons. The molecule has 0 saturated heterocycles. The maximum atomic E-state index is 13.3. The van der Waals surface area contributed by atoms with Crippen molar-refractivity contribution in [3.63, 3.8) is 0 Å². The Balaban J connectivity index is 2.69. The summed E-state index contributed by atoms with van der Waals surface area (Å²) in [4.78, 5) is 0. The second-order valence-electron chi connectivity index (χ2n) is 3.68. The summed E-state index contributed by atoms with van der Waals surface area (Å²) in [6, 6.07) is 4.64. The molecular formula is C14H17FO2. The molecule has 0 aliphatic carbocycles. The van der Waals surface area contributed by atoms with E-state index in [0.717, 1.165) is 12.0 Å². The van der Waals surface area contributed by atoms with E-state index in [0.29, 0.717) is 25.2 Å². The standard InChI is InChI=1S/C14H17FO2/c1-2-7-17-11-13-8-12(5-3-4-6-16)9-14(15)10-13/h8-10,16H,2,4,6-7,11H2,1H3. The fourth-order valence-electron chi connectivity index (χ4n) is 1.36. The highest BCUT2D eigenvalue weighted by Crippen LogP contribution is 2.10. The Morgan fingerprint density at radius 1 is 1.35 bits per heavy atom. The van der Waals surface area contributed by atoms with E-state index in [1.54, 1.807) is 0 Å². The minimum atomic E-state index is -0.309. The number of hydrogen-bond donors (Lipinski definition) is 1. The Hall–Kier alpha value is -1.37. The highest BCUT2D eigenvalue weighted by Gasteiger charge is 1.99. The van der Waals surface area contributed by atoms with E-state index in [2.05, 4.69) is 11.8 Å². The van der Waals surface area contributed by atoms with E-state index in [9.17, 15) is 4.39 Å². The number of aliphatic hydroxyl groups excluding tert-OH is 1. The number of aliphatic hydroxyl groups is 1. The second-order valence-corrected chi connectivity index (χ2v) is 3.68. The fourth-order valence-corrected chi connectivity index (χ4v) is 1.36. The molecule has 0 amide bonds. The maximum Gasteiger partial charge on any atom is 0.124 e. The van der Waals surface area contributed by atoms with Crippen LogP contribution >= 0.6 is 0 Å². The normalized spacial score (nSPS) is 9.82. The Kier molecular flexibility index (Phi) is 6.31. The number of rotatable bonds is 5. The quantitative estimate of drug-likeness (QED) is 0.628. The van der Waals surface area contributed by atoms with Gasteiger partial charge in [-0.05, 0) is 30.2 Å². The molecule has 1 aromatic rings. The molecule has 0 bridgehead atoms. The number of benzene rings is 1. The van der Waals surface area contributed by atoms with Crippen molar-refractivity contribution in [3.8, 4) is 11.8 Å². The largest absolute Gasteiger partial charge is 0.395 e. The van der Waals surface area contributed by atoms with Crippen LogP contribution in [0.4, 0.5) is 4.39 Å². The zero-order chi connectivity index (χ0) is 12.5. The first-order valence-electron chi connectivity index (χ1n) is 5.73. The van der Waals surface area contributed by atoms with Crippen molar-refractivity contribution in [2.75, 3.05) is 13.2 Å². The van der Waals surface area contributed by atoms with E-state index >= 15 is 0 Å². The highest BCUT2D eigenvalue weighted by atomic mass is 19.1. The molecule has 2 nitrogen and oxygen atoms in total. The van der Waals surface area contributed by atoms with Crippen LogP contribution in [0, 0.1) is 17.7 Å². The molecule has 0 fully saturated rings. The molecule has 0 heterocycles. The van der Waals surface area contributed by atoms with Crippen LogP contribution in [0.15, 0.2) is 18.2 Å². The van der Waals surface area contributed by atoms with Gasteiger partial charge in [-0.25, -0.2) is 4.39 Å². The van der Waals surface area contributed by atoms with Gasteiger partial charge in [0.1, 0.15) is 5.82 Å². The Morgan fingerprint density at radius 3 is 2.88 bits per heavy atom. The minimum Gasteiger partial charge on any atom is -0.395 e. The minimum absolute atomic E-state index is 0.0226. The van der Waals surface area contributed by atoms with Crippen LogP contribution in [-0.2, 0) is 11.3 Å². The molecule has 1 aromatic carbocycles. The smallest absolute Gasteiger partial charge is 0.124 e. The molecule has 0 aliphatic rings. The van der Waals surface area contributed by atoms with E-state index in [-0.39, 0.29) is 12.4 Å². The lowest BCUT2D eigenvalue weighted by Gasteiger charge is -2.03. The first kappa shape index (κ1) is 13.7. The van der Waals surface area contributed by atoms with Gasteiger partial charge in [0.15, 0.2) is 0 Å². The summed E-state index contributed by atoms with van der Waals surface area (Å²) in [5, 5.41) is 8.60. The molecule has 1 N–H and O–H groups in total. The topological polar surface area (TPSA) is 29.5 Å². The summed E-state index contributed by atoms with van der Waals surface area (Å²) in [5.41, 5.74) is 1.40. The highest BCUT2D eigenvalue weighted by molar-refractivity contribution is 5.37. The van der Waals surface area contributed by atoms with E-state index < -0.39 is 0 Å². The summed E-state index contributed by atoms with van der Waals surface area (Å²) in [6.45, 7) is 3.12. The maximum absolute atomic E-state index is 13.3. The number of halogens is 1. The summed E-state index contributed by atoms with van der Waals surface area (Å²) < 4.78 is 18.6. The third kappa shape index (κ3) is 5.48. The van der Waals surface area contributed by atoms with Crippen LogP contribution in [0.2, 0.25) is 0 Å². The van der Waals surface area contributed by atoms with Gasteiger partial charge in [0.2, 0.25) is 0 Å². The SMILES string of the molecule is CCCOCc1cc(F)cc(C#CCCO)c1. The van der Waals surface area contributed by atoms with Crippen molar-refractivity contribution in [2.24, 2.45) is 0 Å². The molecular weight excluding hydrogens is 219 g/mol. The molecule has 0 aliphatic heterocycles. The average molecular weight is 236 g/mol. The molecule has 0 atom stereocenters. The van der Waals surface area contributed by atoms with Gasteiger partial charge in [0.05, 0.1) is 13.2 Å². The van der Waals surface area contributed by atoms with Crippen LogP contribution in [0.1, 0.15) is 30.9 Å². The monoisotopic (exact) mass is 236 g/mol. The summed E-state index contributed by atoms with van der Waals surface area (Å²) in [5.74, 6) is 5.27. The van der Waals surface area contributed by atoms with Crippen molar-refractivity contribution in [1.82, 2.24) is 0 Å². The van der Waals surface area contributed by atoms with Gasteiger partial charge in [-0.2, -0.15) is 0 Å². The molecule has 1 rings (SSSR count). The Bertz CT molecular complexity index is 404. The van der Waals surface area contributed by atoms with Gasteiger partial charge in [0.25, 0.3) is 0 Å². The van der Waals surface area contributed by atoms with Crippen LogP contribution in [0.3, 0.4) is 0 Å². The molecule has 17 heavy (non-hydrogen) atoms. The first-order chi connectivity index (χ1) is 8.26. The Labute approximate surface area is 101 Å². The fraction of sp³-hybridized carbons (Fsp3) is 0.429. The lowest BCUT2D eigenvalue weighted by molar-refractivity contribution is 0.121. The third-order valence-electron chi connectivity index (χ3n) is 2.04. The second kappa shape index (κ2) is 7.83. The van der Waals surface area contributed by atoms with Crippen molar-refractivity contribution in [1.29, 1.82) is 0 Å². The van der Waals surface area contributed by atoms with Gasteiger partial charge < -0.3 is 9.84 Å². The van der Waals surface area contributed by atoms with Crippen molar-refractivity contribution < 1.29 is 14.2 Å². The Morgan fingerprint density at radius 2 is 2.18 bits per heavy atom. The van der Waals surface area contributed by atoms with Crippen molar-refractivity contribution >= 4 is 0 Å². The zero-order valence-corrected chi connectivity index (χ0v) is 10.0. The third-order valence-corrected chi connectivity index (χ3v) is 2.04. The number of ether oxygens (including phenoxy) is 1. The van der Waals surface area contributed by atoms with E-state index in [4.69, 9.17) is 9.84 Å². The van der Waals surface area contributed by atoms with Crippen LogP contribution in [0.5, 0.6) is 0 Å². The van der Waals surface area contributed by atoms with Crippen LogP contribution in [-0.4, -0.2) is 18.3 Å². The first-order valence-corrected chi connectivity index (χ1v) is 5.73. The van der Waals surface area contributed by atoms with Gasteiger partial charge >= 0.3 is 0 Å². The van der Waals surface area contributed by atoms with E-state index in [1.165, 1.54) is 12.1 Å². The predicted octanol–water partition coefficient (Wildman–Crippen LogP) is 2.49. The van der Waals surface area contributed by atoms with Gasteiger partial charge in [0, 0.05) is 18.6 Å². The van der Waals surface area contributed by atoms with Gasteiger partial charge in [-0.3, -0.25) is 0 Å². The van der Waals surface area contributed by atoms with Crippen LogP contribution in [0.25, 0.3) is 0 Å². The molecule has 0 unspecified atom stereocenters. The lowest BCUT2D eigenvalue weighted by Crippen LogP contribution is -1.95. The molecule has 3 heteroatoms. The summed E-state index contributed by atoms with van der Waals surface area (Å²) in [7, 11) is 0. The lowest BCUT2D eigenvalue weighted by atomic mass is 10.1. The van der Waals surface area contributed by atoms with Crippen LogP contribution < -0.4 is 0 Å². The molecule has 92 valence electrons. The summed E-state index contributed by atoms with van der Waals surface area (Å²) in [6.07, 6.45) is 1.34. The predicted molar refractivity (Wildman–Crippen MR) is 64.9 cm³/mol. The van der Waals surface area contributed by atoms with Gasteiger partial charge in [-0.1, -0.05) is 18.8 Å². The molecule has 0 aromatic heterocycles. The van der Waals surface area contributed by atoms with Gasteiger partial charge in [-0.15, -0.1) is 0 Å². The van der Waals surface area contributed by atoms with Crippen molar-refractivity contribution in [2.45, 2.75) is 26.4 Å². The molecule has 0 spiro atoms. The van der Waals surface area contributed by atoms with Crippen molar-refractivity contribution in [3.05, 3.63) is 35.1 Å². The number of hydrogen-bond acceptors (Lipinski definition) is 2. The van der Waals surface area contributed by atoms with E-state index in [1.807, 2.05) is 13.0 Å². The summed E-state index contributed by atoms with van der Waals surface area (Å²) >= 11 is 0.